The first-order valence-electron chi connectivity index (χ1n) is 7.16. The summed E-state index contributed by atoms with van der Waals surface area (Å²) < 4.78 is 7.46. The van der Waals surface area contributed by atoms with E-state index in [1.54, 1.807) is 0 Å². The lowest BCUT2D eigenvalue weighted by atomic mass is 10.1. The molecule has 0 fully saturated rings. The molecule has 0 saturated carbocycles. The number of carbonyl (C=O) groups excluding carboxylic acids is 1. The second-order valence-corrected chi connectivity index (χ2v) is 5.32. The molecule has 0 spiro atoms. The molecule has 1 aromatic carbocycles. The standard InChI is InChI=1S/C17H22N2O2/c1-13(2)21-12-15-8-5-4-7-14(15)11-18-17(20)16-9-6-10-19(16)3/h4-10,13H,11-12H2,1-3H3,(H,18,20). The van der Waals surface area contributed by atoms with E-state index in [0.29, 0.717) is 18.8 Å². The van der Waals surface area contributed by atoms with Gasteiger partial charge in [-0.25, -0.2) is 0 Å². The highest BCUT2D eigenvalue weighted by molar-refractivity contribution is 5.92. The third kappa shape index (κ3) is 4.20. The molecule has 1 heterocycles. The Morgan fingerprint density at radius 2 is 1.90 bits per heavy atom. The van der Waals surface area contributed by atoms with Gasteiger partial charge in [-0.3, -0.25) is 4.79 Å². The molecule has 0 aliphatic rings. The third-order valence-electron chi connectivity index (χ3n) is 3.31. The number of hydrogen-bond donors (Lipinski definition) is 1. The molecule has 0 saturated heterocycles. The minimum Gasteiger partial charge on any atom is -0.374 e. The molecule has 4 nitrogen and oxygen atoms in total. The maximum Gasteiger partial charge on any atom is 0.268 e. The lowest BCUT2D eigenvalue weighted by Gasteiger charge is -2.13. The van der Waals surface area contributed by atoms with Gasteiger partial charge in [0.2, 0.25) is 0 Å². The topological polar surface area (TPSA) is 43.3 Å². The van der Waals surface area contributed by atoms with Gasteiger partial charge in [-0.2, -0.15) is 0 Å². The second kappa shape index (κ2) is 7.09. The molecule has 0 aliphatic heterocycles. The minimum absolute atomic E-state index is 0.0675. The van der Waals surface area contributed by atoms with Gasteiger partial charge in [-0.05, 0) is 37.1 Å². The van der Waals surface area contributed by atoms with Crippen LogP contribution >= 0.6 is 0 Å². The van der Waals surface area contributed by atoms with Gasteiger partial charge >= 0.3 is 0 Å². The number of benzene rings is 1. The van der Waals surface area contributed by atoms with Crippen molar-refractivity contribution in [1.29, 1.82) is 0 Å². The zero-order valence-electron chi connectivity index (χ0n) is 12.8. The zero-order chi connectivity index (χ0) is 15.2. The number of nitrogens with one attached hydrogen (secondary N) is 1. The van der Waals surface area contributed by atoms with E-state index in [2.05, 4.69) is 5.32 Å². The SMILES string of the molecule is CC(C)OCc1ccccc1CNC(=O)c1cccn1C. The Balaban J connectivity index is 2.00. The number of nitrogens with zero attached hydrogens (tertiary/aromatic N) is 1. The number of carbonyl (C=O) groups is 1. The van der Waals surface area contributed by atoms with Crippen molar-refractivity contribution in [2.75, 3.05) is 0 Å². The van der Waals surface area contributed by atoms with Crippen LogP contribution in [0.5, 0.6) is 0 Å². The highest BCUT2D eigenvalue weighted by atomic mass is 16.5. The molecule has 21 heavy (non-hydrogen) atoms. The molecular formula is C17H22N2O2. The predicted molar refractivity (Wildman–Crippen MR) is 83.0 cm³/mol. The fourth-order valence-corrected chi connectivity index (χ4v) is 2.09. The van der Waals surface area contributed by atoms with Crippen LogP contribution in [0.3, 0.4) is 0 Å². The van der Waals surface area contributed by atoms with Crippen LogP contribution in [0.25, 0.3) is 0 Å². The monoisotopic (exact) mass is 286 g/mol. The molecule has 112 valence electrons. The summed E-state index contributed by atoms with van der Waals surface area (Å²) in [4.78, 5) is 12.1. The normalized spacial score (nSPS) is 10.9. The van der Waals surface area contributed by atoms with E-state index in [4.69, 9.17) is 4.74 Å². The van der Waals surface area contributed by atoms with E-state index in [9.17, 15) is 4.79 Å². The summed E-state index contributed by atoms with van der Waals surface area (Å²) >= 11 is 0. The van der Waals surface area contributed by atoms with E-state index in [1.165, 1.54) is 0 Å². The number of ether oxygens (including phenoxy) is 1. The van der Waals surface area contributed by atoms with Gasteiger partial charge in [0.1, 0.15) is 5.69 Å². The van der Waals surface area contributed by atoms with Crippen molar-refractivity contribution in [3.8, 4) is 0 Å². The van der Waals surface area contributed by atoms with Crippen molar-refractivity contribution >= 4 is 5.91 Å². The number of hydrogen-bond acceptors (Lipinski definition) is 2. The number of amides is 1. The fraction of sp³-hybridized carbons (Fsp3) is 0.353. The van der Waals surface area contributed by atoms with Crippen molar-refractivity contribution in [2.24, 2.45) is 7.05 Å². The number of aromatic nitrogens is 1. The van der Waals surface area contributed by atoms with Crippen molar-refractivity contribution in [1.82, 2.24) is 9.88 Å². The van der Waals surface area contributed by atoms with Gasteiger partial charge in [0.15, 0.2) is 0 Å². The molecule has 0 atom stereocenters. The molecule has 0 bridgehead atoms. The zero-order valence-corrected chi connectivity index (χ0v) is 12.8. The first kappa shape index (κ1) is 15.3. The van der Waals surface area contributed by atoms with Crippen LogP contribution in [0.1, 0.15) is 35.5 Å². The van der Waals surface area contributed by atoms with Crippen LogP contribution in [0.15, 0.2) is 42.6 Å². The van der Waals surface area contributed by atoms with E-state index < -0.39 is 0 Å². The Morgan fingerprint density at radius 1 is 1.19 bits per heavy atom. The lowest BCUT2D eigenvalue weighted by molar-refractivity contribution is 0.0651. The smallest absolute Gasteiger partial charge is 0.268 e. The van der Waals surface area contributed by atoms with E-state index in [-0.39, 0.29) is 12.0 Å². The number of aryl methyl sites for hydroxylation is 1. The van der Waals surface area contributed by atoms with Crippen LogP contribution in [0, 0.1) is 0 Å². The summed E-state index contributed by atoms with van der Waals surface area (Å²) in [5.41, 5.74) is 2.85. The largest absolute Gasteiger partial charge is 0.374 e. The van der Waals surface area contributed by atoms with Crippen LogP contribution in [0.4, 0.5) is 0 Å². The highest BCUT2D eigenvalue weighted by Crippen LogP contribution is 2.11. The predicted octanol–water partition coefficient (Wildman–Crippen LogP) is 2.88. The molecular weight excluding hydrogens is 264 g/mol. The first-order valence-corrected chi connectivity index (χ1v) is 7.16. The summed E-state index contributed by atoms with van der Waals surface area (Å²) in [6, 6.07) is 11.7. The molecule has 4 heteroatoms. The Morgan fingerprint density at radius 3 is 2.52 bits per heavy atom. The quantitative estimate of drug-likeness (QED) is 0.887. The Labute approximate surface area is 125 Å². The average Bonchev–Trinajstić information content (AvgIpc) is 2.89. The second-order valence-electron chi connectivity index (χ2n) is 5.32. The lowest BCUT2D eigenvalue weighted by Crippen LogP contribution is -2.25. The van der Waals surface area contributed by atoms with Crippen molar-refractivity contribution in [3.05, 3.63) is 59.4 Å². The summed E-state index contributed by atoms with van der Waals surface area (Å²) in [5.74, 6) is -0.0675. The molecule has 1 N–H and O–H groups in total. The molecule has 2 aromatic rings. The molecule has 0 radical (unpaired) electrons. The van der Waals surface area contributed by atoms with Crippen LogP contribution in [-0.2, 0) is 24.9 Å². The van der Waals surface area contributed by atoms with Crippen LogP contribution in [-0.4, -0.2) is 16.6 Å². The average molecular weight is 286 g/mol. The minimum atomic E-state index is -0.0675. The maximum atomic E-state index is 12.1. The van der Waals surface area contributed by atoms with E-state index in [0.717, 1.165) is 11.1 Å². The molecule has 1 amide bonds. The first-order chi connectivity index (χ1) is 10.1. The third-order valence-corrected chi connectivity index (χ3v) is 3.31. The highest BCUT2D eigenvalue weighted by Gasteiger charge is 2.09. The summed E-state index contributed by atoms with van der Waals surface area (Å²) in [6.07, 6.45) is 2.05. The van der Waals surface area contributed by atoms with Crippen molar-refractivity contribution < 1.29 is 9.53 Å². The summed E-state index contributed by atoms with van der Waals surface area (Å²) in [6.45, 7) is 5.09. The Kier molecular flexibility index (Phi) is 5.17. The molecule has 0 aliphatic carbocycles. The van der Waals surface area contributed by atoms with Gasteiger partial charge in [0.05, 0.1) is 12.7 Å². The molecule has 2 rings (SSSR count). The fourth-order valence-electron chi connectivity index (χ4n) is 2.09. The molecule has 0 unspecified atom stereocenters. The Hall–Kier alpha value is -2.07. The van der Waals surface area contributed by atoms with Gasteiger partial charge < -0.3 is 14.6 Å². The van der Waals surface area contributed by atoms with Gasteiger partial charge in [-0.15, -0.1) is 0 Å². The van der Waals surface area contributed by atoms with Gasteiger partial charge in [0, 0.05) is 19.8 Å². The summed E-state index contributed by atoms with van der Waals surface area (Å²) in [7, 11) is 1.86. The van der Waals surface area contributed by atoms with Gasteiger partial charge in [-0.1, -0.05) is 24.3 Å². The van der Waals surface area contributed by atoms with Crippen LogP contribution in [0.2, 0.25) is 0 Å². The maximum absolute atomic E-state index is 12.1. The van der Waals surface area contributed by atoms with E-state index >= 15 is 0 Å². The Bertz CT molecular complexity index is 602. The summed E-state index contributed by atoms with van der Waals surface area (Å²) in [5, 5.41) is 2.95. The van der Waals surface area contributed by atoms with Crippen LogP contribution < -0.4 is 5.32 Å². The van der Waals surface area contributed by atoms with E-state index in [1.807, 2.05) is 68.1 Å². The van der Waals surface area contributed by atoms with Crippen molar-refractivity contribution in [3.63, 3.8) is 0 Å². The number of rotatable bonds is 6. The molecule has 1 aromatic heterocycles. The van der Waals surface area contributed by atoms with Crippen molar-refractivity contribution in [2.45, 2.75) is 33.1 Å². The van der Waals surface area contributed by atoms with Gasteiger partial charge in [0.25, 0.3) is 5.91 Å².